The third-order valence-electron chi connectivity index (χ3n) is 1.67. The molecule has 0 radical (unpaired) electrons. The van der Waals surface area contributed by atoms with E-state index in [1.165, 1.54) is 12.8 Å². The molecule has 0 heterocycles. The fraction of sp³-hybridized carbons (Fsp3) is 0.778. The summed E-state index contributed by atoms with van der Waals surface area (Å²) in [6.45, 7) is 11.5. The summed E-state index contributed by atoms with van der Waals surface area (Å²) < 4.78 is 0. The Kier molecular flexibility index (Phi) is 5.09. The van der Waals surface area contributed by atoms with Gasteiger partial charge in [0, 0.05) is 12.6 Å². The van der Waals surface area contributed by atoms with Crippen LogP contribution < -0.4 is 0 Å². The third kappa shape index (κ3) is 3.54. The number of nitrogens with zero attached hydrogens (tertiary/aromatic N) is 1. The van der Waals surface area contributed by atoms with Gasteiger partial charge >= 0.3 is 0 Å². The van der Waals surface area contributed by atoms with E-state index in [9.17, 15) is 0 Å². The molecule has 10 heavy (non-hydrogen) atoms. The first-order valence-electron chi connectivity index (χ1n) is 4.10. The van der Waals surface area contributed by atoms with Gasteiger partial charge in [0.15, 0.2) is 0 Å². The summed E-state index contributed by atoms with van der Waals surface area (Å²) in [6, 6.07) is 0.601. The Morgan fingerprint density at radius 2 is 2.10 bits per heavy atom. The van der Waals surface area contributed by atoms with Crippen molar-refractivity contribution in [2.24, 2.45) is 0 Å². The van der Waals surface area contributed by atoms with E-state index in [4.69, 9.17) is 0 Å². The molecule has 0 N–H and O–H groups in total. The van der Waals surface area contributed by atoms with Crippen molar-refractivity contribution in [3.63, 3.8) is 0 Å². The summed E-state index contributed by atoms with van der Waals surface area (Å²) in [5.74, 6) is 0. The molecule has 0 aliphatic carbocycles. The quantitative estimate of drug-likeness (QED) is 0.569. The molecule has 0 amide bonds. The maximum absolute atomic E-state index is 3.76. The highest BCUT2D eigenvalue weighted by atomic mass is 15.1. The van der Waals surface area contributed by atoms with Gasteiger partial charge in [0.2, 0.25) is 0 Å². The van der Waals surface area contributed by atoms with Crippen molar-refractivity contribution in [3.05, 3.63) is 12.8 Å². The molecule has 0 atom stereocenters. The predicted octanol–water partition coefficient (Wildman–Crippen LogP) is 2.64. The minimum atomic E-state index is 0.601. The van der Waals surface area contributed by atoms with Crippen LogP contribution >= 0.6 is 0 Å². The van der Waals surface area contributed by atoms with Crippen LogP contribution in [-0.4, -0.2) is 17.5 Å². The Bertz CT molecular complexity index is 86.7. The standard InChI is InChI=1S/C9H19N/c1-5-7-8-10(6-2)9(3)4/h6,9H,2,5,7-8H2,1,3-4H3. The average molecular weight is 141 g/mol. The molecule has 0 aliphatic rings. The van der Waals surface area contributed by atoms with Gasteiger partial charge < -0.3 is 4.90 Å². The first kappa shape index (κ1) is 9.54. The van der Waals surface area contributed by atoms with Gasteiger partial charge in [0.25, 0.3) is 0 Å². The first-order chi connectivity index (χ1) is 4.72. The molecule has 0 rings (SSSR count). The van der Waals surface area contributed by atoms with Crippen LogP contribution in [0.25, 0.3) is 0 Å². The summed E-state index contributed by atoms with van der Waals surface area (Å²) in [7, 11) is 0. The molecule has 0 aliphatic heterocycles. The lowest BCUT2D eigenvalue weighted by molar-refractivity contribution is 0.307. The lowest BCUT2D eigenvalue weighted by Gasteiger charge is -2.23. The lowest BCUT2D eigenvalue weighted by atomic mass is 10.3. The first-order valence-corrected chi connectivity index (χ1v) is 4.10. The van der Waals surface area contributed by atoms with E-state index in [2.05, 4.69) is 32.3 Å². The van der Waals surface area contributed by atoms with Crippen LogP contribution in [0.5, 0.6) is 0 Å². The van der Waals surface area contributed by atoms with E-state index >= 15 is 0 Å². The Morgan fingerprint density at radius 3 is 2.40 bits per heavy atom. The molecular weight excluding hydrogens is 122 g/mol. The topological polar surface area (TPSA) is 3.24 Å². The maximum atomic E-state index is 3.76. The van der Waals surface area contributed by atoms with E-state index in [0.29, 0.717) is 6.04 Å². The van der Waals surface area contributed by atoms with Crippen LogP contribution in [0.3, 0.4) is 0 Å². The smallest absolute Gasteiger partial charge is 0.0227 e. The molecule has 0 unspecified atom stereocenters. The molecule has 0 fully saturated rings. The molecule has 60 valence electrons. The maximum Gasteiger partial charge on any atom is 0.0227 e. The zero-order valence-electron chi connectivity index (χ0n) is 7.43. The van der Waals surface area contributed by atoms with Crippen molar-refractivity contribution in [1.82, 2.24) is 4.90 Å². The van der Waals surface area contributed by atoms with Crippen LogP contribution in [0, 0.1) is 0 Å². The second-order valence-electron chi connectivity index (χ2n) is 2.87. The molecule has 0 saturated carbocycles. The van der Waals surface area contributed by atoms with Gasteiger partial charge in [-0.15, -0.1) is 0 Å². The molecule has 0 aromatic carbocycles. The van der Waals surface area contributed by atoms with E-state index < -0.39 is 0 Å². The van der Waals surface area contributed by atoms with Gasteiger partial charge in [-0.1, -0.05) is 19.9 Å². The van der Waals surface area contributed by atoms with E-state index in [0.717, 1.165) is 6.54 Å². The highest BCUT2D eigenvalue weighted by Gasteiger charge is 2.00. The van der Waals surface area contributed by atoms with Gasteiger partial charge in [-0.3, -0.25) is 0 Å². The molecule has 0 spiro atoms. The van der Waals surface area contributed by atoms with Crippen LogP contribution in [0.1, 0.15) is 33.6 Å². The highest BCUT2D eigenvalue weighted by Crippen LogP contribution is 2.00. The van der Waals surface area contributed by atoms with Gasteiger partial charge in [0.05, 0.1) is 0 Å². The summed E-state index contributed by atoms with van der Waals surface area (Å²) in [4.78, 5) is 2.27. The monoisotopic (exact) mass is 141 g/mol. The van der Waals surface area contributed by atoms with E-state index in [-0.39, 0.29) is 0 Å². The fourth-order valence-electron chi connectivity index (χ4n) is 0.901. The summed E-state index contributed by atoms with van der Waals surface area (Å²) in [5, 5.41) is 0. The van der Waals surface area contributed by atoms with Crippen molar-refractivity contribution < 1.29 is 0 Å². The van der Waals surface area contributed by atoms with E-state index in [1.54, 1.807) is 0 Å². The van der Waals surface area contributed by atoms with Gasteiger partial charge in [-0.05, 0) is 26.5 Å². The average Bonchev–Trinajstić information content (AvgIpc) is 1.89. The van der Waals surface area contributed by atoms with E-state index in [1.807, 2.05) is 6.20 Å². The van der Waals surface area contributed by atoms with Crippen LogP contribution in [0.4, 0.5) is 0 Å². The van der Waals surface area contributed by atoms with Gasteiger partial charge in [0.1, 0.15) is 0 Å². The van der Waals surface area contributed by atoms with Crippen LogP contribution in [0.2, 0.25) is 0 Å². The van der Waals surface area contributed by atoms with Crippen molar-refractivity contribution in [2.75, 3.05) is 6.54 Å². The Morgan fingerprint density at radius 1 is 1.50 bits per heavy atom. The van der Waals surface area contributed by atoms with Crippen molar-refractivity contribution in [3.8, 4) is 0 Å². The minimum Gasteiger partial charge on any atom is -0.376 e. The molecule has 0 bridgehead atoms. The Balaban J connectivity index is 3.50. The molecule has 0 aromatic heterocycles. The minimum absolute atomic E-state index is 0.601. The molecule has 0 saturated heterocycles. The Hall–Kier alpha value is -0.460. The number of hydrogen-bond donors (Lipinski definition) is 0. The second kappa shape index (κ2) is 5.33. The zero-order chi connectivity index (χ0) is 7.98. The SMILES string of the molecule is C=CN(CCCC)C(C)C. The fourth-order valence-corrected chi connectivity index (χ4v) is 0.901. The molecule has 0 aromatic rings. The lowest BCUT2D eigenvalue weighted by Crippen LogP contribution is -2.25. The Labute approximate surface area is 64.7 Å². The zero-order valence-corrected chi connectivity index (χ0v) is 7.43. The number of unbranched alkanes of at least 4 members (excludes halogenated alkanes) is 1. The van der Waals surface area contributed by atoms with Crippen LogP contribution in [-0.2, 0) is 0 Å². The van der Waals surface area contributed by atoms with Crippen LogP contribution in [0.15, 0.2) is 12.8 Å². The summed E-state index contributed by atoms with van der Waals surface area (Å²) in [5.41, 5.74) is 0. The second-order valence-corrected chi connectivity index (χ2v) is 2.87. The van der Waals surface area contributed by atoms with Crippen molar-refractivity contribution in [1.29, 1.82) is 0 Å². The normalized spacial score (nSPS) is 10.0. The highest BCUT2D eigenvalue weighted by molar-refractivity contribution is 4.73. The predicted molar refractivity (Wildman–Crippen MR) is 46.9 cm³/mol. The summed E-state index contributed by atoms with van der Waals surface area (Å²) >= 11 is 0. The molecule has 1 heteroatoms. The van der Waals surface area contributed by atoms with Crippen molar-refractivity contribution in [2.45, 2.75) is 39.7 Å². The number of hydrogen-bond acceptors (Lipinski definition) is 1. The molecular formula is C9H19N. The van der Waals surface area contributed by atoms with Gasteiger partial charge in [-0.2, -0.15) is 0 Å². The third-order valence-corrected chi connectivity index (χ3v) is 1.67. The summed E-state index contributed by atoms with van der Waals surface area (Å²) in [6.07, 6.45) is 4.46. The van der Waals surface area contributed by atoms with Crippen molar-refractivity contribution >= 4 is 0 Å². The van der Waals surface area contributed by atoms with Gasteiger partial charge in [-0.25, -0.2) is 0 Å². The largest absolute Gasteiger partial charge is 0.376 e. The molecule has 1 nitrogen and oxygen atoms in total. The number of rotatable bonds is 5.